The van der Waals surface area contributed by atoms with Crippen LogP contribution in [0.1, 0.15) is 53.5 Å². The van der Waals surface area contributed by atoms with Crippen molar-refractivity contribution in [2.45, 2.75) is 38.0 Å². The summed E-state index contributed by atoms with van der Waals surface area (Å²) in [5, 5.41) is 5.82. The molecule has 22 heavy (non-hydrogen) atoms. The molecule has 112 valence electrons. The van der Waals surface area contributed by atoms with Crippen LogP contribution in [0.25, 0.3) is 16.2 Å². The van der Waals surface area contributed by atoms with Crippen LogP contribution in [0.15, 0.2) is 30.3 Å². The first-order valence-electron chi connectivity index (χ1n) is 7.77. The van der Waals surface area contributed by atoms with Crippen molar-refractivity contribution in [2.75, 3.05) is 0 Å². The van der Waals surface area contributed by atoms with Crippen molar-refractivity contribution in [3.8, 4) is 11.3 Å². The van der Waals surface area contributed by atoms with Crippen molar-refractivity contribution in [1.29, 1.82) is 0 Å². The van der Waals surface area contributed by atoms with Gasteiger partial charge in [-0.25, -0.2) is 4.98 Å². The molecule has 0 spiro atoms. The minimum absolute atomic E-state index is 0.542. The van der Waals surface area contributed by atoms with Gasteiger partial charge < -0.3 is 0 Å². The van der Waals surface area contributed by atoms with Crippen molar-refractivity contribution >= 4 is 22.6 Å². The highest BCUT2D eigenvalue weighted by atomic mass is 32.1. The first kappa shape index (κ1) is 13.6. The Kier molecular flexibility index (Phi) is 3.50. The minimum Gasteiger partial charge on any atom is -0.296 e. The highest BCUT2D eigenvalue weighted by Gasteiger charge is 2.23. The number of hydrogen-bond acceptors (Lipinski definition) is 4. The molecule has 1 fully saturated rings. The van der Waals surface area contributed by atoms with Crippen LogP contribution in [0.5, 0.6) is 0 Å². The second-order valence-corrected chi connectivity index (χ2v) is 6.79. The SMILES string of the molecule is O=Cc1c(-c2ccccc2)nc2sc(C3CCCCC3)nn12. The van der Waals surface area contributed by atoms with E-state index >= 15 is 0 Å². The second-order valence-electron chi connectivity index (χ2n) is 5.80. The van der Waals surface area contributed by atoms with Gasteiger partial charge in [0.25, 0.3) is 0 Å². The maximum absolute atomic E-state index is 11.6. The van der Waals surface area contributed by atoms with Crippen LogP contribution in [-0.2, 0) is 0 Å². The van der Waals surface area contributed by atoms with Crippen molar-refractivity contribution in [3.63, 3.8) is 0 Å². The van der Waals surface area contributed by atoms with Gasteiger partial charge in [0.1, 0.15) is 16.4 Å². The normalized spacial score (nSPS) is 16.2. The molecule has 2 heterocycles. The molecule has 0 N–H and O–H groups in total. The standard InChI is InChI=1S/C17H17N3OS/c21-11-14-15(12-7-3-1-4-8-12)18-17-20(14)19-16(22-17)13-9-5-2-6-10-13/h1,3-4,7-8,11,13H,2,5-6,9-10H2. The maximum Gasteiger partial charge on any atom is 0.213 e. The predicted octanol–water partition coefficient (Wildman–Crippen LogP) is 4.32. The number of carbonyl (C=O) groups excluding carboxylic acids is 1. The molecule has 2 aromatic heterocycles. The summed E-state index contributed by atoms with van der Waals surface area (Å²) in [6.07, 6.45) is 7.17. The van der Waals surface area contributed by atoms with Gasteiger partial charge in [0.2, 0.25) is 4.96 Å². The van der Waals surface area contributed by atoms with Crippen LogP contribution >= 0.6 is 11.3 Å². The van der Waals surface area contributed by atoms with Gasteiger partial charge in [-0.1, -0.05) is 60.9 Å². The lowest BCUT2D eigenvalue weighted by Gasteiger charge is -2.18. The number of aromatic nitrogens is 3. The van der Waals surface area contributed by atoms with E-state index in [4.69, 9.17) is 5.10 Å². The fourth-order valence-corrected chi connectivity index (χ4v) is 4.28. The van der Waals surface area contributed by atoms with Crippen LogP contribution < -0.4 is 0 Å². The molecule has 3 aromatic rings. The van der Waals surface area contributed by atoms with Crippen molar-refractivity contribution in [1.82, 2.24) is 14.6 Å². The molecule has 0 saturated heterocycles. The average molecular weight is 311 g/mol. The highest BCUT2D eigenvalue weighted by molar-refractivity contribution is 7.16. The van der Waals surface area contributed by atoms with Gasteiger partial charge in [-0.2, -0.15) is 9.61 Å². The lowest BCUT2D eigenvalue weighted by molar-refractivity contribution is 0.111. The van der Waals surface area contributed by atoms with Gasteiger partial charge in [-0.3, -0.25) is 4.79 Å². The van der Waals surface area contributed by atoms with Gasteiger partial charge in [-0.15, -0.1) is 0 Å². The van der Waals surface area contributed by atoms with E-state index in [0.29, 0.717) is 11.6 Å². The van der Waals surface area contributed by atoms with Gasteiger partial charge >= 0.3 is 0 Å². The number of carbonyl (C=O) groups is 1. The van der Waals surface area contributed by atoms with Crippen LogP contribution in [0.2, 0.25) is 0 Å². The molecule has 0 radical (unpaired) electrons. The number of nitrogens with zero attached hydrogens (tertiary/aromatic N) is 3. The number of imidazole rings is 1. The Bertz CT molecular complexity index is 800. The molecule has 4 nitrogen and oxygen atoms in total. The molecule has 5 heteroatoms. The van der Waals surface area contributed by atoms with E-state index in [0.717, 1.165) is 27.5 Å². The Morgan fingerprint density at radius 2 is 1.91 bits per heavy atom. The second kappa shape index (κ2) is 5.65. The summed E-state index contributed by atoms with van der Waals surface area (Å²) >= 11 is 1.63. The number of fused-ring (bicyclic) bond motifs is 1. The van der Waals surface area contributed by atoms with E-state index in [-0.39, 0.29) is 0 Å². The molecule has 0 atom stereocenters. The summed E-state index contributed by atoms with van der Waals surface area (Å²) in [4.78, 5) is 17.0. The van der Waals surface area contributed by atoms with E-state index in [2.05, 4.69) is 4.98 Å². The summed E-state index contributed by atoms with van der Waals surface area (Å²) in [6.45, 7) is 0. The van der Waals surface area contributed by atoms with E-state index in [9.17, 15) is 4.79 Å². The summed E-state index contributed by atoms with van der Waals surface area (Å²) in [5.41, 5.74) is 2.24. The zero-order chi connectivity index (χ0) is 14.9. The van der Waals surface area contributed by atoms with Gasteiger partial charge in [0, 0.05) is 11.5 Å². The molecule has 4 rings (SSSR count). The van der Waals surface area contributed by atoms with E-state index < -0.39 is 0 Å². The Morgan fingerprint density at radius 3 is 2.64 bits per heavy atom. The molecule has 1 aliphatic rings. The highest BCUT2D eigenvalue weighted by Crippen LogP contribution is 2.36. The van der Waals surface area contributed by atoms with E-state index in [1.807, 2.05) is 30.3 Å². The summed E-state index contributed by atoms with van der Waals surface area (Å²) < 4.78 is 1.73. The van der Waals surface area contributed by atoms with Crippen molar-refractivity contribution < 1.29 is 4.79 Å². The van der Waals surface area contributed by atoms with Crippen molar-refractivity contribution in [3.05, 3.63) is 41.0 Å². The lowest BCUT2D eigenvalue weighted by atomic mass is 9.90. The molecule has 1 aromatic carbocycles. The quantitative estimate of drug-likeness (QED) is 0.677. The molecule has 0 amide bonds. The first-order chi connectivity index (χ1) is 10.9. The number of rotatable bonds is 3. The van der Waals surface area contributed by atoms with Crippen LogP contribution in [0.3, 0.4) is 0 Å². The van der Waals surface area contributed by atoms with Crippen molar-refractivity contribution in [2.24, 2.45) is 0 Å². The molecule has 0 aliphatic heterocycles. The van der Waals surface area contributed by atoms with Gasteiger partial charge in [0.15, 0.2) is 6.29 Å². The third-order valence-electron chi connectivity index (χ3n) is 4.37. The smallest absolute Gasteiger partial charge is 0.213 e. The third kappa shape index (κ3) is 2.25. The topological polar surface area (TPSA) is 47.3 Å². The van der Waals surface area contributed by atoms with E-state index in [1.165, 1.54) is 32.1 Å². The Labute approximate surface area is 132 Å². The first-order valence-corrected chi connectivity index (χ1v) is 8.58. The van der Waals surface area contributed by atoms with Crippen LogP contribution in [0, 0.1) is 0 Å². The molecular weight excluding hydrogens is 294 g/mol. The molecule has 1 aliphatic carbocycles. The number of benzene rings is 1. The maximum atomic E-state index is 11.6. The molecule has 0 bridgehead atoms. The molecule has 0 unspecified atom stereocenters. The predicted molar refractivity (Wildman–Crippen MR) is 87.5 cm³/mol. The minimum atomic E-state index is 0.542. The number of hydrogen-bond donors (Lipinski definition) is 0. The zero-order valence-electron chi connectivity index (χ0n) is 12.2. The Morgan fingerprint density at radius 1 is 1.14 bits per heavy atom. The van der Waals surface area contributed by atoms with E-state index in [1.54, 1.807) is 15.9 Å². The molecular formula is C17H17N3OS. The summed E-state index contributed by atoms with van der Waals surface area (Å²) in [5.74, 6) is 0.542. The zero-order valence-corrected chi connectivity index (χ0v) is 13.1. The van der Waals surface area contributed by atoms with Gasteiger partial charge in [-0.05, 0) is 12.8 Å². The summed E-state index contributed by atoms with van der Waals surface area (Å²) in [7, 11) is 0. The summed E-state index contributed by atoms with van der Waals surface area (Å²) in [6, 6.07) is 9.82. The Balaban J connectivity index is 1.78. The van der Waals surface area contributed by atoms with Crippen LogP contribution in [-0.4, -0.2) is 20.9 Å². The van der Waals surface area contributed by atoms with Gasteiger partial charge in [0.05, 0.1) is 0 Å². The number of aldehydes is 1. The molecule has 1 saturated carbocycles. The average Bonchev–Trinajstić information content (AvgIpc) is 3.14. The monoisotopic (exact) mass is 311 g/mol. The lowest BCUT2D eigenvalue weighted by Crippen LogP contribution is -2.05. The largest absolute Gasteiger partial charge is 0.296 e. The Hall–Kier alpha value is -2.01. The third-order valence-corrected chi connectivity index (χ3v) is 5.44. The van der Waals surface area contributed by atoms with Crippen LogP contribution in [0.4, 0.5) is 0 Å². The fourth-order valence-electron chi connectivity index (χ4n) is 3.21. The fraction of sp³-hybridized carbons (Fsp3) is 0.353.